The quantitative estimate of drug-likeness (QED) is 0.571. The molecular weight excluding hydrogens is 268 g/mol. The van der Waals surface area contributed by atoms with Crippen LogP contribution < -0.4 is 0 Å². The van der Waals surface area contributed by atoms with E-state index in [0.717, 1.165) is 11.5 Å². The molecule has 0 aliphatic rings. The van der Waals surface area contributed by atoms with Gasteiger partial charge in [-0.15, -0.1) is 11.8 Å². The zero-order valence-electron chi connectivity index (χ0n) is 11.9. The summed E-state index contributed by atoms with van der Waals surface area (Å²) in [5.41, 5.74) is 0.325. The van der Waals surface area contributed by atoms with E-state index in [2.05, 4.69) is 75.9 Å². The highest BCUT2D eigenvalue weighted by Crippen LogP contribution is 2.33. The summed E-state index contributed by atoms with van der Waals surface area (Å²) in [6.45, 7) is 6.90. The summed E-state index contributed by atoms with van der Waals surface area (Å²) in [5, 5.41) is 2.64. The minimum Gasteiger partial charge on any atom is -0.179 e. The molecule has 0 spiro atoms. The van der Waals surface area contributed by atoms with Crippen molar-refractivity contribution in [3.63, 3.8) is 0 Å². The van der Waals surface area contributed by atoms with Crippen molar-refractivity contribution in [1.29, 1.82) is 0 Å². The van der Waals surface area contributed by atoms with E-state index in [1.165, 1.54) is 15.7 Å². The van der Waals surface area contributed by atoms with Crippen LogP contribution in [0, 0.1) is 11.3 Å². The average Bonchev–Trinajstić information content (AvgIpc) is 2.37. The van der Waals surface area contributed by atoms with Crippen molar-refractivity contribution in [1.82, 2.24) is 0 Å². The smallest absolute Gasteiger partial charge is 0.00784 e. The third-order valence-corrected chi connectivity index (χ3v) is 5.21. The average molecular weight is 290 g/mol. The molecule has 19 heavy (non-hydrogen) atoms. The van der Waals surface area contributed by atoms with Crippen molar-refractivity contribution in [2.75, 3.05) is 11.5 Å². The number of thiol groups is 1. The van der Waals surface area contributed by atoms with Gasteiger partial charge in [-0.05, 0) is 40.0 Å². The summed E-state index contributed by atoms with van der Waals surface area (Å²) in [6.07, 6.45) is 0. The molecule has 0 fully saturated rings. The minimum atomic E-state index is 0.325. The Labute approximate surface area is 126 Å². The summed E-state index contributed by atoms with van der Waals surface area (Å²) in [4.78, 5) is 1.36. The van der Waals surface area contributed by atoms with Crippen molar-refractivity contribution in [3.8, 4) is 0 Å². The predicted molar refractivity (Wildman–Crippen MR) is 91.5 cm³/mol. The normalized spacial score (nSPS) is 13.7. The number of fused-ring (bicyclic) bond motifs is 1. The maximum absolute atomic E-state index is 4.50. The van der Waals surface area contributed by atoms with Gasteiger partial charge in [-0.3, -0.25) is 0 Å². The van der Waals surface area contributed by atoms with Crippen LogP contribution in [-0.2, 0) is 0 Å². The Balaban J connectivity index is 2.09. The van der Waals surface area contributed by atoms with Crippen LogP contribution in [0.1, 0.15) is 20.8 Å². The molecule has 0 N–H and O–H groups in total. The van der Waals surface area contributed by atoms with Gasteiger partial charge >= 0.3 is 0 Å². The molecule has 0 aliphatic heterocycles. The molecule has 102 valence electrons. The van der Waals surface area contributed by atoms with E-state index in [1.54, 1.807) is 0 Å². The maximum Gasteiger partial charge on any atom is 0.00784 e. The van der Waals surface area contributed by atoms with Gasteiger partial charge in [0.05, 0.1) is 0 Å². The van der Waals surface area contributed by atoms with Crippen LogP contribution in [0.4, 0.5) is 0 Å². The van der Waals surface area contributed by atoms with Crippen LogP contribution >= 0.6 is 24.4 Å². The van der Waals surface area contributed by atoms with Crippen molar-refractivity contribution < 1.29 is 0 Å². The highest BCUT2D eigenvalue weighted by Gasteiger charge is 2.23. The van der Waals surface area contributed by atoms with Crippen molar-refractivity contribution in [2.45, 2.75) is 25.7 Å². The fraction of sp³-hybridized carbons (Fsp3) is 0.412. The highest BCUT2D eigenvalue weighted by atomic mass is 32.2. The zero-order chi connectivity index (χ0) is 13.9. The third-order valence-electron chi connectivity index (χ3n) is 3.62. The molecule has 0 bridgehead atoms. The van der Waals surface area contributed by atoms with Crippen LogP contribution in [0.3, 0.4) is 0 Å². The first-order valence-corrected chi connectivity index (χ1v) is 8.35. The summed E-state index contributed by atoms with van der Waals surface area (Å²) in [5.74, 6) is 2.71. The van der Waals surface area contributed by atoms with Gasteiger partial charge in [0, 0.05) is 10.6 Å². The molecular formula is C17H22S2. The largest absolute Gasteiger partial charge is 0.179 e. The van der Waals surface area contributed by atoms with E-state index < -0.39 is 0 Å². The van der Waals surface area contributed by atoms with Crippen LogP contribution in [0.15, 0.2) is 47.4 Å². The van der Waals surface area contributed by atoms with Crippen molar-refractivity contribution in [2.24, 2.45) is 11.3 Å². The monoisotopic (exact) mass is 290 g/mol. The Morgan fingerprint density at radius 2 is 1.74 bits per heavy atom. The predicted octanol–water partition coefficient (Wildman–Crippen LogP) is 5.52. The first-order valence-electron chi connectivity index (χ1n) is 6.73. The lowest BCUT2D eigenvalue weighted by atomic mass is 9.83. The topological polar surface area (TPSA) is 0 Å². The summed E-state index contributed by atoms with van der Waals surface area (Å²) in [6, 6.07) is 15.3. The van der Waals surface area contributed by atoms with E-state index in [9.17, 15) is 0 Å². The Kier molecular flexibility index (Phi) is 4.86. The first kappa shape index (κ1) is 14.8. The van der Waals surface area contributed by atoms with Crippen molar-refractivity contribution in [3.05, 3.63) is 42.5 Å². The molecule has 2 aromatic rings. The zero-order valence-corrected chi connectivity index (χ0v) is 13.6. The molecule has 0 amide bonds. The van der Waals surface area contributed by atoms with Crippen LogP contribution in [0.5, 0.6) is 0 Å². The van der Waals surface area contributed by atoms with Crippen LogP contribution in [0.25, 0.3) is 10.8 Å². The molecule has 0 saturated carbocycles. The van der Waals surface area contributed by atoms with Gasteiger partial charge < -0.3 is 0 Å². The highest BCUT2D eigenvalue weighted by molar-refractivity contribution is 7.99. The Morgan fingerprint density at radius 1 is 1.05 bits per heavy atom. The van der Waals surface area contributed by atoms with Gasteiger partial charge in [0.1, 0.15) is 0 Å². The fourth-order valence-corrected chi connectivity index (χ4v) is 4.27. The van der Waals surface area contributed by atoms with Crippen LogP contribution in [-0.4, -0.2) is 11.5 Å². The first-order chi connectivity index (χ1) is 9.00. The lowest BCUT2D eigenvalue weighted by Crippen LogP contribution is -2.24. The molecule has 0 saturated heterocycles. The Hall–Kier alpha value is -0.600. The second-order valence-electron chi connectivity index (χ2n) is 6.07. The Morgan fingerprint density at radius 3 is 2.37 bits per heavy atom. The standard InChI is InChI=1S/C17H22S2/c1-17(2,3)15(11-18)12-19-16-9-8-13-6-4-5-7-14(13)10-16/h4-10,15,18H,11-12H2,1-3H3. The molecule has 0 aromatic heterocycles. The van der Waals surface area contributed by atoms with Crippen LogP contribution in [0.2, 0.25) is 0 Å². The molecule has 2 heteroatoms. The lowest BCUT2D eigenvalue weighted by Gasteiger charge is -2.29. The lowest BCUT2D eigenvalue weighted by molar-refractivity contribution is 0.294. The molecule has 0 radical (unpaired) electrons. The SMILES string of the molecule is CC(C)(C)C(CS)CSc1ccc2ccccc2c1. The number of hydrogen-bond donors (Lipinski definition) is 1. The van der Waals surface area contributed by atoms with E-state index >= 15 is 0 Å². The van der Waals surface area contributed by atoms with E-state index in [1.807, 2.05) is 11.8 Å². The Bertz CT molecular complexity index is 540. The molecule has 2 rings (SSSR count). The molecule has 1 atom stereocenters. The van der Waals surface area contributed by atoms with Gasteiger partial charge in [0.15, 0.2) is 0 Å². The van der Waals surface area contributed by atoms with E-state index in [0.29, 0.717) is 11.3 Å². The maximum atomic E-state index is 4.50. The molecule has 0 nitrogen and oxygen atoms in total. The third kappa shape index (κ3) is 3.93. The van der Waals surface area contributed by atoms with Gasteiger partial charge in [0.2, 0.25) is 0 Å². The second kappa shape index (κ2) is 6.23. The van der Waals surface area contributed by atoms with E-state index in [-0.39, 0.29) is 0 Å². The second-order valence-corrected chi connectivity index (χ2v) is 7.52. The minimum absolute atomic E-state index is 0.325. The van der Waals surface area contributed by atoms with Gasteiger partial charge in [-0.2, -0.15) is 12.6 Å². The molecule has 0 aliphatic carbocycles. The summed E-state index contributed by atoms with van der Waals surface area (Å²) >= 11 is 6.45. The number of rotatable bonds is 4. The van der Waals surface area contributed by atoms with Gasteiger partial charge in [-0.25, -0.2) is 0 Å². The van der Waals surface area contributed by atoms with Gasteiger partial charge in [-0.1, -0.05) is 51.1 Å². The summed E-state index contributed by atoms with van der Waals surface area (Å²) < 4.78 is 0. The number of hydrogen-bond acceptors (Lipinski definition) is 2. The fourth-order valence-electron chi connectivity index (χ4n) is 2.03. The summed E-state index contributed by atoms with van der Waals surface area (Å²) in [7, 11) is 0. The molecule has 0 heterocycles. The van der Waals surface area contributed by atoms with E-state index in [4.69, 9.17) is 0 Å². The van der Waals surface area contributed by atoms with Crippen molar-refractivity contribution >= 4 is 35.2 Å². The van der Waals surface area contributed by atoms with Gasteiger partial charge in [0.25, 0.3) is 0 Å². The number of thioether (sulfide) groups is 1. The molecule has 1 unspecified atom stereocenters. The molecule has 2 aromatic carbocycles. The number of benzene rings is 2.